The molecule has 168 valence electrons. The van der Waals surface area contributed by atoms with Gasteiger partial charge in [0.2, 0.25) is 10.0 Å². The largest absolute Gasteiger partial charge is 0.324 e. The van der Waals surface area contributed by atoms with E-state index in [1.165, 1.54) is 81.4 Å². The van der Waals surface area contributed by atoms with Crippen LogP contribution in [0.3, 0.4) is 0 Å². The Morgan fingerprint density at radius 1 is 0.759 bits per heavy atom. The highest BCUT2D eigenvalue weighted by Crippen LogP contribution is 2.18. The SMILES string of the molecule is CCCCCCCCCCCCCCCCN(C)S(=O)(=O)c1ccc(NN)cc1. The molecule has 0 spiro atoms. The molecule has 0 unspecified atom stereocenters. The summed E-state index contributed by atoms with van der Waals surface area (Å²) in [6.45, 7) is 2.83. The molecule has 0 aliphatic rings. The van der Waals surface area contributed by atoms with Gasteiger partial charge < -0.3 is 5.43 Å². The molecule has 0 aliphatic heterocycles. The van der Waals surface area contributed by atoms with Crippen LogP contribution in [0.2, 0.25) is 0 Å². The number of rotatable bonds is 18. The molecule has 1 aromatic carbocycles. The van der Waals surface area contributed by atoms with Crippen LogP contribution in [-0.2, 0) is 10.0 Å². The van der Waals surface area contributed by atoms with E-state index in [4.69, 9.17) is 5.84 Å². The zero-order valence-electron chi connectivity index (χ0n) is 18.7. The van der Waals surface area contributed by atoms with E-state index in [-0.39, 0.29) is 0 Å². The van der Waals surface area contributed by atoms with Crippen LogP contribution in [0, 0.1) is 0 Å². The molecule has 1 aromatic rings. The molecule has 0 fully saturated rings. The Bertz CT molecular complexity index is 618. The Morgan fingerprint density at radius 2 is 1.17 bits per heavy atom. The van der Waals surface area contributed by atoms with E-state index in [0.29, 0.717) is 17.1 Å². The van der Waals surface area contributed by atoms with Gasteiger partial charge in [-0.05, 0) is 30.7 Å². The first-order valence-corrected chi connectivity index (χ1v) is 13.0. The van der Waals surface area contributed by atoms with Gasteiger partial charge in [0.15, 0.2) is 0 Å². The van der Waals surface area contributed by atoms with Crippen LogP contribution in [-0.4, -0.2) is 26.3 Å². The Hall–Kier alpha value is -1.11. The van der Waals surface area contributed by atoms with Crippen molar-refractivity contribution in [2.75, 3.05) is 19.0 Å². The minimum atomic E-state index is -3.42. The summed E-state index contributed by atoms with van der Waals surface area (Å²) in [7, 11) is -1.76. The molecule has 0 amide bonds. The minimum Gasteiger partial charge on any atom is -0.324 e. The van der Waals surface area contributed by atoms with E-state index in [1.807, 2.05) is 0 Å². The molecular weight excluding hydrogens is 382 g/mol. The highest BCUT2D eigenvalue weighted by molar-refractivity contribution is 7.89. The maximum Gasteiger partial charge on any atom is 0.242 e. The van der Waals surface area contributed by atoms with Crippen molar-refractivity contribution >= 4 is 15.7 Å². The minimum absolute atomic E-state index is 0.310. The van der Waals surface area contributed by atoms with Crippen molar-refractivity contribution in [2.45, 2.75) is 102 Å². The number of nitrogen functional groups attached to an aromatic ring is 1. The predicted octanol–water partition coefficient (Wildman–Crippen LogP) is 6.07. The molecule has 5 nitrogen and oxygen atoms in total. The average Bonchev–Trinajstić information content (AvgIpc) is 2.73. The molecule has 6 heteroatoms. The molecule has 0 radical (unpaired) electrons. The van der Waals surface area contributed by atoms with E-state index >= 15 is 0 Å². The predicted molar refractivity (Wildman–Crippen MR) is 124 cm³/mol. The number of hydrogen-bond acceptors (Lipinski definition) is 4. The van der Waals surface area contributed by atoms with Gasteiger partial charge in [-0.3, -0.25) is 5.84 Å². The molecule has 29 heavy (non-hydrogen) atoms. The zero-order valence-corrected chi connectivity index (χ0v) is 19.5. The van der Waals surface area contributed by atoms with Crippen molar-refractivity contribution < 1.29 is 8.42 Å². The summed E-state index contributed by atoms with van der Waals surface area (Å²) in [6, 6.07) is 6.53. The number of unbranched alkanes of at least 4 members (excludes halogenated alkanes) is 13. The van der Waals surface area contributed by atoms with Crippen molar-refractivity contribution in [1.82, 2.24) is 4.31 Å². The maximum absolute atomic E-state index is 12.6. The Labute approximate surface area is 179 Å². The van der Waals surface area contributed by atoms with Crippen LogP contribution in [0.4, 0.5) is 5.69 Å². The van der Waals surface area contributed by atoms with Gasteiger partial charge in [-0.15, -0.1) is 0 Å². The van der Waals surface area contributed by atoms with Crippen molar-refractivity contribution in [3.8, 4) is 0 Å². The van der Waals surface area contributed by atoms with E-state index in [2.05, 4.69) is 12.3 Å². The van der Waals surface area contributed by atoms with Crippen LogP contribution in [0.1, 0.15) is 96.8 Å². The van der Waals surface area contributed by atoms with Crippen molar-refractivity contribution in [1.29, 1.82) is 0 Å². The second-order valence-corrected chi connectivity index (χ2v) is 10.1. The number of benzene rings is 1. The summed E-state index contributed by atoms with van der Waals surface area (Å²) in [5, 5.41) is 0. The van der Waals surface area contributed by atoms with Gasteiger partial charge in [0.25, 0.3) is 0 Å². The van der Waals surface area contributed by atoms with E-state index in [1.54, 1.807) is 31.3 Å². The molecule has 0 bridgehead atoms. The number of nitrogens with one attached hydrogen (secondary N) is 1. The molecule has 0 atom stereocenters. The summed E-state index contributed by atoms with van der Waals surface area (Å²) in [5.74, 6) is 5.33. The summed E-state index contributed by atoms with van der Waals surface area (Å²) in [5.41, 5.74) is 3.20. The maximum atomic E-state index is 12.6. The molecule has 1 rings (SSSR count). The fourth-order valence-corrected chi connectivity index (χ4v) is 4.76. The van der Waals surface area contributed by atoms with Crippen LogP contribution in [0.5, 0.6) is 0 Å². The van der Waals surface area contributed by atoms with E-state index in [0.717, 1.165) is 12.8 Å². The second-order valence-electron chi connectivity index (χ2n) is 8.09. The Balaban J connectivity index is 2.04. The van der Waals surface area contributed by atoms with E-state index < -0.39 is 10.0 Å². The number of nitrogens with two attached hydrogens (primary N) is 1. The summed E-state index contributed by atoms with van der Waals surface area (Å²) >= 11 is 0. The number of anilines is 1. The molecule has 3 N–H and O–H groups in total. The number of sulfonamides is 1. The third kappa shape index (κ3) is 11.0. The number of hydrazine groups is 1. The summed E-state index contributed by atoms with van der Waals surface area (Å²) < 4.78 is 26.6. The third-order valence-electron chi connectivity index (χ3n) is 5.56. The smallest absolute Gasteiger partial charge is 0.242 e. The monoisotopic (exact) mass is 425 g/mol. The highest BCUT2D eigenvalue weighted by atomic mass is 32.2. The first-order chi connectivity index (χ1) is 14.0. The van der Waals surface area contributed by atoms with Crippen molar-refractivity contribution in [3.63, 3.8) is 0 Å². The quantitative estimate of drug-likeness (QED) is 0.170. The second kappa shape index (κ2) is 15.7. The van der Waals surface area contributed by atoms with Crippen LogP contribution in [0.15, 0.2) is 29.2 Å². The van der Waals surface area contributed by atoms with Gasteiger partial charge in [0.1, 0.15) is 0 Å². The Morgan fingerprint density at radius 3 is 1.59 bits per heavy atom. The van der Waals surface area contributed by atoms with Gasteiger partial charge in [0, 0.05) is 19.3 Å². The van der Waals surface area contributed by atoms with Crippen molar-refractivity contribution in [2.24, 2.45) is 5.84 Å². The lowest BCUT2D eigenvalue weighted by molar-refractivity contribution is 0.447. The lowest BCUT2D eigenvalue weighted by Crippen LogP contribution is -2.28. The molecular formula is C23H43N3O2S. The van der Waals surface area contributed by atoms with Gasteiger partial charge in [-0.2, -0.15) is 0 Å². The highest BCUT2D eigenvalue weighted by Gasteiger charge is 2.19. The summed E-state index contributed by atoms with van der Waals surface area (Å²) in [6.07, 6.45) is 18.2. The van der Waals surface area contributed by atoms with Crippen LogP contribution in [0.25, 0.3) is 0 Å². The lowest BCUT2D eigenvalue weighted by atomic mass is 10.0. The van der Waals surface area contributed by atoms with Gasteiger partial charge in [0.05, 0.1) is 4.90 Å². The normalized spacial score (nSPS) is 11.9. The first-order valence-electron chi connectivity index (χ1n) is 11.6. The number of nitrogens with zero attached hydrogens (tertiary/aromatic N) is 1. The molecule has 0 aliphatic carbocycles. The molecule has 0 heterocycles. The molecule has 0 aromatic heterocycles. The first kappa shape index (κ1) is 25.9. The van der Waals surface area contributed by atoms with E-state index in [9.17, 15) is 8.42 Å². The van der Waals surface area contributed by atoms with Crippen molar-refractivity contribution in [3.05, 3.63) is 24.3 Å². The van der Waals surface area contributed by atoms with Crippen LogP contribution >= 0.6 is 0 Å². The number of hydrogen-bond donors (Lipinski definition) is 2. The fraction of sp³-hybridized carbons (Fsp3) is 0.739. The zero-order chi connectivity index (χ0) is 21.4. The van der Waals surface area contributed by atoms with Gasteiger partial charge in [-0.25, -0.2) is 12.7 Å². The lowest BCUT2D eigenvalue weighted by Gasteiger charge is -2.17. The van der Waals surface area contributed by atoms with Gasteiger partial charge >= 0.3 is 0 Å². The van der Waals surface area contributed by atoms with Gasteiger partial charge in [-0.1, -0.05) is 90.4 Å². The third-order valence-corrected chi connectivity index (χ3v) is 7.43. The summed E-state index contributed by atoms with van der Waals surface area (Å²) in [4.78, 5) is 0.310. The fourth-order valence-electron chi connectivity index (χ4n) is 3.55. The standard InChI is InChI=1S/C23H43N3O2S/c1-3-4-5-6-7-8-9-10-11-12-13-14-15-16-21-26(2)29(27,28)23-19-17-22(25-24)18-20-23/h17-20,25H,3-16,21,24H2,1-2H3. The average molecular weight is 426 g/mol. The Kier molecular flexibility index (Phi) is 14.0. The molecule has 0 saturated heterocycles. The topological polar surface area (TPSA) is 75.4 Å². The van der Waals surface area contributed by atoms with Crippen LogP contribution < -0.4 is 11.3 Å². The molecule has 0 saturated carbocycles.